The van der Waals surface area contributed by atoms with Crippen molar-refractivity contribution in [3.05, 3.63) is 52.0 Å². The molecule has 0 aliphatic rings. The third-order valence-corrected chi connectivity index (χ3v) is 4.89. The maximum absolute atomic E-state index is 12.9. The predicted octanol–water partition coefficient (Wildman–Crippen LogP) is 4.09. The van der Waals surface area contributed by atoms with Crippen LogP contribution >= 0.6 is 11.6 Å². The molecule has 0 fully saturated rings. The van der Waals surface area contributed by atoms with E-state index in [9.17, 15) is 4.79 Å². The topological polar surface area (TPSA) is 81.6 Å². The highest BCUT2D eigenvalue weighted by atomic mass is 35.5. The van der Waals surface area contributed by atoms with Gasteiger partial charge in [-0.1, -0.05) is 37.4 Å². The number of nitrogens with zero attached hydrogens (tertiary/aromatic N) is 3. The summed E-state index contributed by atoms with van der Waals surface area (Å²) in [5, 5.41) is 4.99. The molecule has 7 heteroatoms. The molecule has 0 unspecified atom stereocenters. The summed E-state index contributed by atoms with van der Waals surface area (Å²) in [6.07, 6.45) is 6.91. The normalized spacial score (nSPS) is 11.6. The van der Waals surface area contributed by atoms with Gasteiger partial charge >= 0.3 is 0 Å². The number of aryl methyl sites for hydroxylation is 1. The van der Waals surface area contributed by atoms with E-state index in [1.54, 1.807) is 22.9 Å². The molecule has 3 aromatic heterocycles. The Morgan fingerprint density at radius 1 is 1.31 bits per heavy atom. The average molecular weight is 370 g/mol. The summed E-state index contributed by atoms with van der Waals surface area (Å²) in [6, 6.07) is 7.16. The van der Waals surface area contributed by atoms with Gasteiger partial charge in [0.25, 0.3) is 5.56 Å². The summed E-state index contributed by atoms with van der Waals surface area (Å²) in [4.78, 5) is 17.6. The predicted molar refractivity (Wildman–Crippen MR) is 106 cm³/mol. The van der Waals surface area contributed by atoms with Crippen molar-refractivity contribution in [1.82, 2.24) is 19.3 Å². The van der Waals surface area contributed by atoms with Crippen molar-refractivity contribution in [2.45, 2.75) is 32.7 Å². The number of hydrogen-bond acceptors (Lipinski definition) is 3. The van der Waals surface area contributed by atoms with Crippen LogP contribution in [0.15, 0.2) is 41.5 Å². The Bertz CT molecular complexity index is 1150. The summed E-state index contributed by atoms with van der Waals surface area (Å²) in [6.45, 7) is 3.01. The number of halogens is 1. The number of hydrogen-bond donors (Lipinski definition) is 2. The molecule has 3 heterocycles. The standard InChI is InChI=1S/C19H20ClN5O/c1-2-3-4-8-25-18-14(10-22-25)17(21)16-15(23-18)11-24(19(16)26)13-7-5-6-12(20)9-13/h5-7,9-11,22H,2-4,8,21H2,1H3. The lowest BCUT2D eigenvalue weighted by Gasteiger charge is -2.04. The summed E-state index contributed by atoms with van der Waals surface area (Å²) in [7, 11) is 0. The molecule has 0 aliphatic heterocycles. The number of nitrogens with one attached hydrogen (secondary N) is 1. The molecule has 134 valence electrons. The first-order valence-electron chi connectivity index (χ1n) is 8.74. The van der Waals surface area contributed by atoms with Crippen molar-refractivity contribution in [2.24, 2.45) is 0 Å². The molecular weight excluding hydrogens is 350 g/mol. The van der Waals surface area contributed by atoms with Crippen LogP contribution < -0.4 is 11.3 Å². The third-order valence-electron chi connectivity index (χ3n) is 4.66. The second-order valence-electron chi connectivity index (χ2n) is 6.44. The first-order valence-corrected chi connectivity index (χ1v) is 9.12. The van der Waals surface area contributed by atoms with Gasteiger partial charge < -0.3 is 10.8 Å². The Hall–Kier alpha value is -2.73. The Morgan fingerprint density at radius 3 is 2.92 bits per heavy atom. The molecule has 1 aromatic carbocycles. The smallest absolute Gasteiger partial charge is 0.266 e. The number of fused-ring (bicyclic) bond motifs is 2. The lowest BCUT2D eigenvalue weighted by molar-refractivity contribution is 0.564. The van der Waals surface area contributed by atoms with Crippen molar-refractivity contribution in [3.63, 3.8) is 0 Å². The van der Waals surface area contributed by atoms with Gasteiger partial charge in [0.05, 0.1) is 27.7 Å². The van der Waals surface area contributed by atoms with Crippen molar-refractivity contribution in [3.8, 4) is 5.69 Å². The highest BCUT2D eigenvalue weighted by molar-refractivity contribution is 6.30. The zero-order chi connectivity index (χ0) is 18.3. The van der Waals surface area contributed by atoms with Crippen molar-refractivity contribution in [1.29, 1.82) is 0 Å². The van der Waals surface area contributed by atoms with Crippen LogP contribution in [0.5, 0.6) is 0 Å². The first-order chi connectivity index (χ1) is 12.6. The minimum absolute atomic E-state index is 0.187. The van der Waals surface area contributed by atoms with Crippen LogP contribution in [-0.4, -0.2) is 19.3 Å². The van der Waals surface area contributed by atoms with E-state index in [2.05, 4.69) is 12.0 Å². The second kappa shape index (κ2) is 6.53. The number of aromatic nitrogens is 4. The lowest BCUT2D eigenvalue weighted by Crippen LogP contribution is -2.13. The molecule has 26 heavy (non-hydrogen) atoms. The van der Waals surface area contributed by atoms with Crippen LogP contribution in [-0.2, 0) is 6.54 Å². The number of unbranched alkanes of at least 4 members (excludes halogenated alkanes) is 2. The van der Waals surface area contributed by atoms with Crippen molar-refractivity contribution >= 4 is 39.2 Å². The van der Waals surface area contributed by atoms with Crippen molar-refractivity contribution in [2.75, 3.05) is 5.73 Å². The largest absolute Gasteiger partial charge is 0.397 e. The van der Waals surface area contributed by atoms with E-state index < -0.39 is 0 Å². The number of rotatable bonds is 5. The molecule has 4 rings (SSSR count). The Balaban J connectivity index is 1.89. The molecule has 0 radical (unpaired) electrons. The number of pyridine rings is 1. The fraction of sp³-hybridized carbons (Fsp3) is 0.263. The molecule has 0 aliphatic carbocycles. The van der Waals surface area contributed by atoms with Crippen molar-refractivity contribution < 1.29 is 0 Å². The van der Waals surface area contributed by atoms with E-state index in [-0.39, 0.29) is 5.56 Å². The molecule has 0 amide bonds. The second-order valence-corrected chi connectivity index (χ2v) is 6.88. The van der Waals surface area contributed by atoms with Gasteiger partial charge in [-0.3, -0.25) is 14.0 Å². The Morgan fingerprint density at radius 2 is 2.15 bits per heavy atom. The number of aromatic amines is 1. The van der Waals surface area contributed by atoms with Crippen LogP contribution in [0.3, 0.4) is 0 Å². The number of nitrogen functional groups attached to an aromatic ring is 1. The highest BCUT2D eigenvalue weighted by Crippen LogP contribution is 2.27. The zero-order valence-electron chi connectivity index (χ0n) is 14.5. The van der Waals surface area contributed by atoms with Gasteiger partial charge in [-0.25, -0.2) is 4.98 Å². The van der Waals surface area contributed by atoms with Gasteiger partial charge in [-0.15, -0.1) is 0 Å². The van der Waals surface area contributed by atoms with Crippen LogP contribution in [0, 0.1) is 0 Å². The van der Waals surface area contributed by atoms with Gasteiger partial charge in [0, 0.05) is 24.0 Å². The van der Waals surface area contributed by atoms with E-state index >= 15 is 0 Å². The Kier molecular flexibility index (Phi) is 4.20. The van der Waals surface area contributed by atoms with Crippen LogP contribution in [0.1, 0.15) is 26.2 Å². The van der Waals surface area contributed by atoms with E-state index in [1.807, 2.05) is 23.0 Å². The fourth-order valence-electron chi connectivity index (χ4n) is 3.30. The van der Waals surface area contributed by atoms with Gasteiger partial charge in [0.2, 0.25) is 0 Å². The van der Waals surface area contributed by atoms with Gasteiger partial charge in [-0.05, 0) is 24.6 Å². The number of nitrogens with two attached hydrogens (primary N) is 1. The molecule has 0 saturated heterocycles. The highest BCUT2D eigenvalue weighted by Gasteiger charge is 2.17. The SMILES string of the molecule is CCCCCn1[nH]cc2c(N)c3c(=O)n(-c4cccc(Cl)c4)cc3nc21. The maximum atomic E-state index is 12.9. The third kappa shape index (κ3) is 2.66. The average Bonchev–Trinajstić information content (AvgIpc) is 3.17. The summed E-state index contributed by atoms with van der Waals surface area (Å²) >= 11 is 6.06. The lowest BCUT2D eigenvalue weighted by atomic mass is 10.2. The van der Waals surface area contributed by atoms with E-state index in [0.29, 0.717) is 27.3 Å². The monoisotopic (exact) mass is 369 g/mol. The molecule has 0 saturated carbocycles. The molecule has 0 spiro atoms. The van der Waals surface area contributed by atoms with E-state index in [0.717, 1.165) is 36.8 Å². The number of anilines is 1. The molecule has 0 atom stereocenters. The zero-order valence-corrected chi connectivity index (χ0v) is 15.3. The van der Waals surface area contributed by atoms with Gasteiger partial charge in [-0.2, -0.15) is 0 Å². The molecule has 6 nitrogen and oxygen atoms in total. The summed E-state index contributed by atoms with van der Waals surface area (Å²) in [5.74, 6) is 0. The maximum Gasteiger partial charge on any atom is 0.266 e. The minimum atomic E-state index is -0.187. The van der Waals surface area contributed by atoms with E-state index in [4.69, 9.17) is 22.3 Å². The van der Waals surface area contributed by atoms with Crippen LogP contribution in [0.4, 0.5) is 5.69 Å². The quantitative estimate of drug-likeness (QED) is 0.520. The number of H-pyrrole nitrogens is 1. The molecule has 0 bridgehead atoms. The van der Waals surface area contributed by atoms with E-state index in [1.165, 1.54) is 0 Å². The summed E-state index contributed by atoms with van der Waals surface area (Å²) in [5.41, 5.74) is 8.66. The molecule has 3 N–H and O–H groups in total. The number of benzene rings is 1. The van der Waals surface area contributed by atoms with Crippen LogP contribution in [0.25, 0.3) is 27.6 Å². The minimum Gasteiger partial charge on any atom is -0.397 e. The molecule has 4 aromatic rings. The van der Waals surface area contributed by atoms with Gasteiger partial charge in [0.15, 0.2) is 5.65 Å². The summed E-state index contributed by atoms with van der Waals surface area (Å²) < 4.78 is 3.53. The Labute approximate surface area is 155 Å². The van der Waals surface area contributed by atoms with Gasteiger partial charge in [0.1, 0.15) is 0 Å². The van der Waals surface area contributed by atoms with Crippen LogP contribution in [0.2, 0.25) is 5.02 Å². The first kappa shape index (κ1) is 16.7. The fourth-order valence-corrected chi connectivity index (χ4v) is 3.49. The molecular formula is C19H20ClN5O.